The molecule has 0 atom stereocenters. The molecular weight excluding hydrogens is 310 g/mol. The van der Waals surface area contributed by atoms with Crippen molar-refractivity contribution < 1.29 is 19.1 Å². The zero-order valence-corrected chi connectivity index (χ0v) is 14.5. The number of rotatable bonds is 5. The maximum atomic E-state index is 11.9. The Labute approximate surface area is 141 Å². The van der Waals surface area contributed by atoms with Crippen LogP contribution >= 0.6 is 0 Å². The minimum Gasteiger partial charge on any atom is -0.464 e. The lowest BCUT2D eigenvalue weighted by Crippen LogP contribution is -2.33. The van der Waals surface area contributed by atoms with E-state index in [1.54, 1.807) is 0 Å². The van der Waals surface area contributed by atoms with Crippen molar-refractivity contribution in [2.24, 2.45) is 0 Å². The molecule has 0 unspecified atom stereocenters. The largest absolute Gasteiger partial charge is 0.464 e. The highest BCUT2D eigenvalue weighted by Gasteiger charge is 2.19. The van der Waals surface area contributed by atoms with Crippen molar-refractivity contribution >= 4 is 17.7 Å². The maximum absolute atomic E-state index is 11.9. The van der Waals surface area contributed by atoms with E-state index in [1.807, 2.05) is 49.6 Å². The van der Waals surface area contributed by atoms with Gasteiger partial charge in [-0.15, -0.1) is 0 Å². The van der Waals surface area contributed by atoms with Gasteiger partial charge in [-0.25, -0.2) is 14.6 Å². The Morgan fingerprint density at radius 2 is 2.04 bits per heavy atom. The summed E-state index contributed by atoms with van der Waals surface area (Å²) in [6.45, 7) is 5.88. The van der Waals surface area contributed by atoms with Gasteiger partial charge in [-0.05, 0) is 45.7 Å². The summed E-state index contributed by atoms with van der Waals surface area (Å²) in [5, 5.41) is 2.71. The number of fused-ring (bicyclic) bond motifs is 1. The Balaban J connectivity index is 2.02. The van der Waals surface area contributed by atoms with Crippen LogP contribution in [0.5, 0.6) is 0 Å². The van der Waals surface area contributed by atoms with Gasteiger partial charge in [0.2, 0.25) is 0 Å². The van der Waals surface area contributed by atoms with Crippen molar-refractivity contribution in [2.45, 2.75) is 39.2 Å². The number of nitrogens with zero attached hydrogens (tertiary/aromatic N) is 2. The Hall–Kier alpha value is -2.57. The summed E-state index contributed by atoms with van der Waals surface area (Å²) in [6.07, 6.45) is 2.62. The molecule has 2 heterocycles. The number of hydrogen-bond donors (Lipinski definition) is 1. The summed E-state index contributed by atoms with van der Waals surface area (Å²) >= 11 is 0. The fraction of sp³-hybridized carbons (Fsp3) is 0.471. The minimum absolute atomic E-state index is 0.306. The van der Waals surface area contributed by atoms with Crippen LogP contribution in [0.4, 0.5) is 4.79 Å². The highest BCUT2D eigenvalue weighted by molar-refractivity contribution is 5.89. The quantitative estimate of drug-likeness (QED) is 0.672. The van der Waals surface area contributed by atoms with Gasteiger partial charge in [0.1, 0.15) is 11.2 Å². The molecule has 130 valence electrons. The van der Waals surface area contributed by atoms with Gasteiger partial charge >= 0.3 is 12.1 Å². The molecule has 2 rings (SSSR count). The van der Waals surface area contributed by atoms with Crippen LogP contribution in [0.25, 0.3) is 5.65 Å². The molecule has 0 saturated heterocycles. The Kier molecular flexibility index (Phi) is 5.43. The summed E-state index contributed by atoms with van der Waals surface area (Å²) in [4.78, 5) is 27.9. The van der Waals surface area contributed by atoms with Gasteiger partial charge < -0.3 is 19.2 Å². The number of alkyl carbamates (subject to hydrolysis) is 1. The van der Waals surface area contributed by atoms with Crippen molar-refractivity contribution in [1.82, 2.24) is 14.7 Å². The molecule has 7 nitrogen and oxygen atoms in total. The number of carbonyl (C=O) groups is 2. The molecule has 0 bridgehead atoms. The highest BCUT2D eigenvalue weighted by atomic mass is 16.6. The number of pyridine rings is 1. The van der Waals surface area contributed by atoms with Gasteiger partial charge in [0, 0.05) is 12.7 Å². The SMILES string of the molecule is COC(=O)c1nc2ccccn2c1CCCNC(=O)OC(C)(C)C. The molecule has 0 spiro atoms. The third kappa shape index (κ3) is 4.47. The number of ether oxygens (including phenoxy) is 2. The number of esters is 1. The summed E-state index contributed by atoms with van der Waals surface area (Å²) in [7, 11) is 1.33. The summed E-state index contributed by atoms with van der Waals surface area (Å²) in [6, 6.07) is 5.56. The molecule has 1 N–H and O–H groups in total. The highest BCUT2D eigenvalue weighted by Crippen LogP contribution is 2.15. The van der Waals surface area contributed by atoms with Gasteiger partial charge in [0.05, 0.1) is 12.8 Å². The Bertz CT molecular complexity index is 731. The van der Waals surface area contributed by atoms with E-state index in [0.29, 0.717) is 30.7 Å². The van der Waals surface area contributed by atoms with Crippen LogP contribution in [0.1, 0.15) is 43.4 Å². The van der Waals surface area contributed by atoms with Crippen LogP contribution in [0.2, 0.25) is 0 Å². The summed E-state index contributed by atoms with van der Waals surface area (Å²) in [5.74, 6) is -0.464. The second-order valence-electron chi connectivity index (χ2n) is 6.36. The van der Waals surface area contributed by atoms with Crippen molar-refractivity contribution in [3.63, 3.8) is 0 Å². The smallest absolute Gasteiger partial charge is 0.407 e. The van der Waals surface area contributed by atoms with Crippen LogP contribution in [0.3, 0.4) is 0 Å². The minimum atomic E-state index is -0.524. The first kappa shape index (κ1) is 17.8. The van der Waals surface area contributed by atoms with E-state index in [4.69, 9.17) is 9.47 Å². The lowest BCUT2D eigenvalue weighted by atomic mass is 10.2. The second kappa shape index (κ2) is 7.33. The molecule has 0 saturated carbocycles. The van der Waals surface area contributed by atoms with Gasteiger partial charge in [-0.1, -0.05) is 6.07 Å². The predicted molar refractivity (Wildman–Crippen MR) is 89.1 cm³/mol. The summed E-state index contributed by atoms with van der Waals surface area (Å²) in [5.41, 5.74) is 1.24. The molecule has 7 heteroatoms. The van der Waals surface area contributed by atoms with Gasteiger partial charge in [0.15, 0.2) is 5.69 Å². The molecule has 2 aromatic rings. The normalized spacial score (nSPS) is 11.3. The van der Waals surface area contributed by atoms with Crippen molar-refractivity contribution in [2.75, 3.05) is 13.7 Å². The van der Waals surface area contributed by atoms with Gasteiger partial charge in [0.25, 0.3) is 0 Å². The van der Waals surface area contributed by atoms with E-state index < -0.39 is 17.7 Å². The number of aromatic nitrogens is 2. The molecule has 0 fully saturated rings. The average Bonchev–Trinajstić information content (AvgIpc) is 2.88. The number of nitrogens with one attached hydrogen (secondary N) is 1. The van der Waals surface area contributed by atoms with Gasteiger partial charge in [-0.2, -0.15) is 0 Å². The molecule has 0 aliphatic rings. The number of hydrogen-bond acceptors (Lipinski definition) is 5. The van der Waals surface area contributed by atoms with E-state index in [1.165, 1.54) is 7.11 Å². The first-order valence-electron chi connectivity index (χ1n) is 7.83. The molecule has 0 radical (unpaired) electrons. The Morgan fingerprint density at radius 3 is 2.71 bits per heavy atom. The molecule has 0 aliphatic carbocycles. The average molecular weight is 333 g/mol. The van der Waals surface area contributed by atoms with Crippen LogP contribution in [-0.2, 0) is 15.9 Å². The molecule has 24 heavy (non-hydrogen) atoms. The fourth-order valence-electron chi connectivity index (χ4n) is 2.31. The van der Waals surface area contributed by atoms with Crippen molar-refractivity contribution in [3.05, 3.63) is 35.8 Å². The molecule has 1 amide bonds. The van der Waals surface area contributed by atoms with Crippen molar-refractivity contribution in [1.29, 1.82) is 0 Å². The first-order chi connectivity index (χ1) is 11.3. The van der Waals surface area contributed by atoms with Crippen LogP contribution in [0, 0.1) is 0 Å². The number of carbonyl (C=O) groups excluding carboxylic acids is 2. The van der Waals surface area contributed by atoms with Crippen LogP contribution < -0.4 is 5.32 Å². The van der Waals surface area contributed by atoms with E-state index in [2.05, 4.69) is 10.3 Å². The topological polar surface area (TPSA) is 81.9 Å². The monoisotopic (exact) mass is 333 g/mol. The van der Waals surface area contributed by atoms with E-state index >= 15 is 0 Å². The first-order valence-corrected chi connectivity index (χ1v) is 7.83. The number of amides is 1. The van der Waals surface area contributed by atoms with Crippen LogP contribution in [-0.4, -0.2) is 40.7 Å². The van der Waals surface area contributed by atoms with E-state index in [9.17, 15) is 9.59 Å². The standard InChI is InChI=1S/C17H23N3O4/c1-17(2,3)24-16(22)18-10-7-8-12-14(15(21)23-4)19-13-9-5-6-11-20(12)13/h5-6,9,11H,7-8,10H2,1-4H3,(H,18,22). The summed E-state index contributed by atoms with van der Waals surface area (Å²) < 4.78 is 11.8. The zero-order chi connectivity index (χ0) is 17.7. The Morgan fingerprint density at radius 1 is 1.29 bits per heavy atom. The molecule has 2 aromatic heterocycles. The molecule has 0 aliphatic heterocycles. The third-order valence-electron chi connectivity index (χ3n) is 3.27. The third-order valence-corrected chi connectivity index (χ3v) is 3.27. The second-order valence-corrected chi connectivity index (χ2v) is 6.36. The number of imidazole rings is 1. The lowest BCUT2D eigenvalue weighted by Gasteiger charge is -2.19. The fourth-order valence-corrected chi connectivity index (χ4v) is 2.31. The molecule has 0 aromatic carbocycles. The lowest BCUT2D eigenvalue weighted by molar-refractivity contribution is 0.0525. The van der Waals surface area contributed by atoms with Gasteiger partial charge in [-0.3, -0.25) is 0 Å². The number of methoxy groups -OCH3 is 1. The molecular formula is C17H23N3O4. The van der Waals surface area contributed by atoms with Crippen LogP contribution in [0.15, 0.2) is 24.4 Å². The van der Waals surface area contributed by atoms with E-state index in [-0.39, 0.29) is 0 Å². The zero-order valence-electron chi connectivity index (χ0n) is 14.5. The maximum Gasteiger partial charge on any atom is 0.407 e. The predicted octanol–water partition coefficient (Wildman–Crippen LogP) is 2.58. The van der Waals surface area contributed by atoms with E-state index in [0.717, 1.165) is 5.69 Å². The van der Waals surface area contributed by atoms with Crippen molar-refractivity contribution in [3.8, 4) is 0 Å². The number of aryl methyl sites for hydroxylation is 1.